The Balaban J connectivity index is 2.75. The van der Waals surface area contributed by atoms with E-state index in [-0.39, 0.29) is 12.1 Å². The Bertz CT molecular complexity index is 422. The van der Waals surface area contributed by atoms with E-state index >= 15 is 0 Å². The summed E-state index contributed by atoms with van der Waals surface area (Å²) in [5.74, 6) is 0. The van der Waals surface area contributed by atoms with Crippen LogP contribution in [-0.2, 0) is 0 Å². The van der Waals surface area contributed by atoms with Crippen LogP contribution in [0, 0.1) is 0 Å². The summed E-state index contributed by atoms with van der Waals surface area (Å²) >= 11 is 1.63. The minimum absolute atomic E-state index is 0.0401. The number of carbonyl (C=O) groups excluding carboxylic acids is 1. The molecule has 106 valence electrons. The monoisotopic (exact) mass is 282 g/mol. The van der Waals surface area contributed by atoms with E-state index in [9.17, 15) is 9.90 Å². The first kappa shape index (κ1) is 15.9. The van der Waals surface area contributed by atoms with Gasteiger partial charge in [-0.1, -0.05) is 6.07 Å². The number of rotatable bonds is 5. The first-order valence-electron chi connectivity index (χ1n) is 6.33. The summed E-state index contributed by atoms with van der Waals surface area (Å²) in [7, 11) is 0. The summed E-state index contributed by atoms with van der Waals surface area (Å²) in [6.45, 7) is 5.86. The lowest BCUT2D eigenvalue weighted by Crippen LogP contribution is -2.43. The Morgan fingerprint density at radius 1 is 1.42 bits per heavy atom. The van der Waals surface area contributed by atoms with Gasteiger partial charge >= 0.3 is 6.03 Å². The molecule has 0 spiro atoms. The molecule has 0 aliphatic heterocycles. The molecule has 0 heterocycles. The number of aliphatic hydroxyl groups excluding tert-OH is 1. The molecule has 1 atom stereocenters. The van der Waals surface area contributed by atoms with Crippen molar-refractivity contribution in [3.8, 4) is 0 Å². The molecule has 0 saturated heterocycles. The highest BCUT2D eigenvalue weighted by Gasteiger charge is 2.18. The molecule has 0 radical (unpaired) electrons. The fourth-order valence-corrected chi connectivity index (χ4v) is 2.17. The summed E-state index contributed by atoms with van der Waals surface area (Å²) in [5, 5.41) is 12.3. The van der Waals surface area contributed by atoms with Crippen LogP contribution in [0.2, 0.25) is 0 Å². The fourth-order valence-electron chi connectivity index (χ4n) is 1.71. The van der Waals surface area contributed by atoms with Crippen molar-refractivity contribution < 1.29 is 9.90 Å². The second kappa shape index (κ2) is 7.40. The quantitative estimate of drug-likeness (QED) is 0.816. The Hall–Kier alpha value is -1.20. The van der Waals surface area contributed by atoms with Crippen LogP contribution in [0.5, 0.6) is 0 Å². The number of aliphatic hydroxyl groups is 1. The van der Waals surface area contributed by atoms with Crippen molar-refractivity contribution in [2.45, 2.75) is 37.8 Å². The Kier molecular flexibility index (Phi) is 6.18. The Morgan fingerprint density at radius 3 is 2.63 bits per heavy atom. The molecule has 0 aliphatic rings. The van der Waals surface area contributed by atoms with Gasteiger partial charge in [-0.25, -0.2) is 4.79 Å². The van der Waals surface area contributed by atoms with E-state index in [0.717, 1.165) is 10.6 Å². The van der Waals surface area contributed by atoms with Crippen LogP contribution < -0.4 is 5.32 Å². The number of nitrogens with zero attached hydrogens (tertiary/aromatic N) is 1. The zero-order chi connectivity index (χ0) is 14.4. The molecule has 0 aliphatic carbocycles. The van der Waals surface area contributed by atoms with Gasteiger partial charge < -0.3 is 15.3 Å². The molecule has 2 amide bonds. The topological polar surface area (TPSA) is 52.6 Å². The third kappa shape index (κ3) is 5.12. The molecule has 0 saturated carbocycles. The smallest absolute Gasteiger partial charge is 0.322 e. The van der Waals surface area contributed by atoms with Crippen molar-refractivity contribution in [3.05, 3.63) is 24.3 Å². The molecule has 1 aromatic rings. The van der Waals surface area contributed by atoms with Gasteiger partial charge in [-0.2, -0.15) is 0 Å². The summed E-state index contributed by atoms with van der Waals surface area (Å²) in [6, 6.07) is 7.56. The van der Waals surface area contributed by atoms with Gasteiger partial charge in [0.15, 0.2) is 0 Å². The summed E-state index contributed by atoms with van der Waals surface area (Å²) in [6.07, 6.45) is 1.46. The van der Waals surface area contributed by atoms with E-state index in [4.69, 9.17) is 0 Å². The van der Waals surface area contributed by atoms with Crippen molar-refractivity contribution in [3.63, 3.8) is 0 Å². The van der Waals surface area contributed by atoms with Crippen LogP contribution in [0.4, 0.5) is 10.5 Å². The molecule has 4 nitrogen and oxygen atoms in total. The number of anilines is 1. The lowest BCUT2D eigenvalue weighted by atomic mass is 10.3. The maximum Gasteiger partial charge on any atom is 0.322 e. The van der Waals surface area contributed by atoms with Crippen LogP contribution in [0.1, 0.15) is 20.8 Å². The SMILES string of the molecule is CSc1cccc(NC(=O)N(CC(C)O)C(C)C)c1. The predicted molar refractivity (Wildman–Crippen MR) is 80.8 cm³/mol. The summed E-state index contributed by atoms with van der Waals surface area (Å²) in [5.41, 5.74) is 0.771. The molecular weight excluding hydrogens is 260 g/mol. The van der Waals surface area contributed by atoms with Crippen molar-refractivity contribution in [2.24, 2.45) is 0 Å². The van der Waals surface area contributed by atoms with Gasteiger partial charge in [0.25, 0.3) is 0 Å². The molecule has 0 fully saturated rings. The molecular formula is C14H22N2O2S. The number of amides is 2. The Morgan fingerprint density at radius 2 is 2.11 bits per heavy atom. The van der Waals surface area contributed by atoms with E-state index in [2.05, 4.69) is 5.32 Å². The van der Waals surface area contributed by atoms with Gasteiger partial charge in [0.05, 0.1) is 6.10 Å². The van der Waals surface area contributed by atoms with E-state index in [1.165, 1.54) is 0 Å². The lowest BCUT2D eigenvalue weighted by molar-refractivity contribution is 0.125. The average molecular weight is 282 g/mol. The molecule has 1 unspecified atom stereocenters. The van der Waals surface area contributed by atoms with Crippen molar-refractivity contribution in [2.75, 3.05) is 18.1 Å². The Labute approximate surface area is 119 Å². The van der Waals surface area contributed by atoms with E-state index in [1.807, 2.05) is 44.4 Å². The lowest BCUT2D eigenvalue weighted by Gasteiger charge is -2.28. The fraction of sp³-hybridized carbons (Fsp3) is 0.500. The number of carbonyl (C=O) groups is 1. The highest BCUT2D eigenvalue weighted by molar-refractivity contribution is 7.98. The number of urea groups is 1. The zero-order valence-corrected chi connectivity index (χ0v) is 12.7. The van der Waals surface area contributed by atoms with Crippen LogP contribution in [0.15, 0.2) is 29.2 Å². The maximum atomic E-state index is 12.2. The second-order valence-electron chi connectivity index (χ2n) is 4.76. The van der Waals surface area contributed by atoms with E-state index < -0.39 is 6.10 Å². The first-order chi connectivity index (χ1) is 8.93. The number of hydrogen-bond acceptors (Lipinski definition) is 3. The highest BCUT2D eigenvalue weighted by atomic mass is 32.2. The van der Waals surface area contributed by atoms with Gasteiger partial charge in [0.2, 0.25) is 0 Å². The number of benzene rings is 1. The summed E-state index contributed by atoms with van der Waals surface area (Å²) in [4.78, 5) is 14.9. The molecule has 0 bridgehead atoms. The minimum Gasteiger partial charge on any atom is -0.392 e. The third-order valence-electron chi connectivity index (χ3n) is 2.67. The molecule has 1 aromatic carbocycles. The molecule has 1 rings (SSSR count). The average Bonchev–Trinajstić information content (AvgIpc) is 2.35. The molecule has 5 heteroatoms. The van der Waals surface area contributed by atoms with Gasteiger partial charge in [0, 0.05) is 23.2 Å². The van der Waals surface area contributed by atoms with Crippen LogP contribution in [0.3, 0.4) is 0 Å². The highest BCUT2D eigenvalue weighted by Crippen LogP contribution is 2.19. The predicted octanol–water partition coefficient (Wildman–Crippen LogP) is 3.03. The van der Waals surface area contributed by atoms with Gasteiger partial charge in [-0.3, -0.25) is 0 Å². The number of nitrogens with one attached hydrogen (secondary N) is 1. The largest absolute Gasteiger partial charge is 0.392 e. The van der Waals surface area contributed by atoms with Gasteiger partial charge in [-0.05, 0) is 45.2 Å². The van der Waals surface area contributed by atoms with Crippen molar-refractivity contribution >= 4 is 23.5 Å². The zero-order valence-electron chi connectivity index (χ0n) is 11.9. The number of thioether (sulfide) groups is 1. The van der Waals surface area contributed by atoms with Crippen molar-refractivity contribution in [1.29, 1.82) is 0 Å². The van der Waals surface area contributed by atoms with Crippen LogP contribution in [-0.4, -0.2) is 41.0 Å². The van der Waals surface area contributed by atoms with Crippen LogP contribution >= 0.6 is 11.8 Å². The third-order valence-corrected chi connectivity index (χ3v) is 3.39. The number of hydrogen-bond donors (Lipinski definition) is 2. The van der Waals surface area contributed by atoms with Gasteiger partial charge in [-0.15, -0.1) is 11.8 Å². The standard InChI is InChI=1S/C14H22N2O2S/c1-10(2)16(9-11(3)17)14(18)15-12-6-5-7-13(8-12)19-4/h5-8,10-11,17H,9H2,1-4H3,(H,15,18). The van der Waals surface area contributed by atoms with Crippen LogP contribution in [0.25, 0.3) is 0 Å². The van der Waals surface area contributed by atoms with E-state index in [0.29, 0.717) is 6.54 Å². The molecule has 0 aromatic heterocycles. The normalized spacial score (nSPS) is 12.3. The maximum absolute atomic E-state index is 12.2. The minimum atomic E-state index is -0.536. The molecule has 2 N–H and O–H groups in total. The summed E-state index contributed by atoms with van der Waals surface area (Å²) < 4.78 is 0. The second-order valence-corrected chi connectivity index (χ2v) is 5.64. The van der Waals surface area contributed by atoms with E-state index in [1.54, 1.807) is 23.6 Å². The molecule has 19 heavy (non-hydrogen) atoms. The van der Waals surface area contributed by atoms with Gasteiger partial charge in [0.1, 0.15) is 0 Å². The first-order valence-corrected chi connectivity index (χ1v) is 7.56. The van der Waals surface area contributed by atoms with Crippen molar-refractivity contribution in [1.82, 2.24) is 4.90 Å².